The average molecular weight is 209 g/mol. The molecule has 0 aliphatic heterocycles. The third-order valence-corrected chi connectivity index (χ3v) is 3.17. The van der Waals surface area contributed by atoms with Crippen LogP contribution in [0, 0.1) is 6.92 Å². The molecule has 0 saturated heterocycles. The van der Waals surface area contributed by atoms with Gasteiger partial charge in [0.05, 0.1) is 0 Å². The summed E-state index contributed by atoms with van der Waals surface area (Å²) < 4.78 is 0. The molecule has 1 aromatic carbocycles. The van der Waals surface area contributed by atoms with Gasteiger partial charge in [-0.05, 0) is 36.5 Å². The lowest BCUT2D eigenvalue weighted by Gasteiger charge is -2.11. The first-order chi connectivity index (χ1) is 6.66. The van der Waals surface area contributed by atoms with Gasteiger partial charge in [0, 0.05) is 17.9 Å². The molecule has 0 aromatic heterocycles. The van der Waals surface area contributed by atoms with E-state index in [1.165, 1.54) is 5.56 Å². The fraction of sp³-hybridized carbons (Fsp3) is 0.417. The van der Waals surface area contributed by atoms with Gasteiger partial charge in [0.1, 0.15) is 5.78 Å². The number of benzene rings is 1. The van der Waals surface area contributed by atoms with Gasteiger partial charge in [0.25, 0.3) is 0 Å². The highest BCUT2D eigenvalue weighted by Crippen LogP contribution is 2.36. The van der Waals surface area contributed by atoms with E-state index < -0.39 is 0 Å². The molecule has 2 heteroatoms. The van der Waals surface area contributed by atoms with Crippen LogP contribution in [0.5, 0.6) is 0 Å². The number of rotatable bonds is 1. The summed E-state index contributed by atoms with van der Waals surface area (Å²) in [4.78, 5) is 11.2. The van der Waals surface area contributed by atoms with Crippen LogP contribution in [0.2, 0.25) is 5.02 Å². The molecule has 1 saturated carbocycles. The van der Waals surface area contributed by atoms with Crippen LogP contribution in [0.15, 0.2) is 18.2 Å². The second-order valence-electron chi connectivity index (χ2n) is 4.00. The van der Waals surface area contributed by atoms with Crippen molar-refractivity contribution in [1.29, 1.82) is 0 Å². The number of halogens is 1. The smallest absolute Gasteiger partial charge is 0.133 e. The zero-order valence-corrected chi connectivity index (χ0v) is 8.97. The van der Waals surface area contributed by atoms with E-state index in [1.807, 2.05) is 13.0 Å². The minimum absolute atomic E-state index is 0.357. The SMILES string of the molecule is Cc1ccc(C2CCC(=O)C2)c(Cl)c1. The zero-order chi connectivity index (χ0) is 10.1. The van der Waals surface area contributed by atoms with Gasteiger partial charge in [0.15, 0.2) is 0 Å². The first-order valence-corrected chi connectivity index (χ1v) is 5.32. The van der Waals surface area contributed by atoms with Crippen molar-refractivity contribution in [2.75, 3.05) is 0 Å². The Labute approximate surface area is 89.1 Å². The molecule has 0 radical (unpaired) electrons. The standard InChI is InChI=1S/C12H13ClO/c1-8-2-5-11(12(13)6-8)9-3-4-10(14)7-9/h2,5-6,9H,3-4,7H2,1H3. The molecule has 1 atom stereocenters. The highest BCUT2D eigenvalue weighted by atomic mass is 35.5. The Bertz CT molecular complexity index is 371. The predicted molar refractivity (Wildman–Crippen MR) is 57.8 cm³/mol. The Morgan fingerprint density at radius 1 is 1.43 bits per heavy atom. The van der Waals surface area contributed by atoms with Crippen molar-refractivity contribution >= 4 is 17.4 Å². The Kier molecular flexibility index (Phi) is 2.60. The van der Waals surface area contributed by atoms with Gasteiger partial charge in [-0.2, -0.15) is 0 Å². The van der Waals surface area contributed by atoms with Gasteiger partial charge < -0.3 is 0 Å². The molecule has 1 unspecified atom stereocenters. The topological polar surface area (TPSA) is 17.1 Å². The molecule has 14 heavy (non-hydrogen) atoms. The number of hydrogen-bond acceptors (Lipinski definition) is 1. The van der Waals surface area contributed by atoms with Crippen LogP contribution >= 0.6 is 11.6 Å². The average Bonchev–Trinajstić information content (AvgIpc) is 2.51. The monoisotopic (exact) mass is 208 g/mol. The van der Waals surface area contributed by atoms with Gasteiger partial charge in [-0.15, -0.1) is 0 Å². The molecule has 1 aliphatic rings. The number of Topliss-reactive ketones (excluding diaryl/α,β-unsaturated/α-hetero) is 1. The molecule has 0 spiro atoms. The number of carbonyl (C=O) groups is 1. The summed E-state index contributed by atoms with van der Waals surface area (Å²) in [6, 6.07) is 6.09. The number of carbonyl (C=O) groups excluding carboxylic acids is 1. The molecule has 1 aliphatic carbocycles. The normalized spacial score (nSPS) is 21.6. The number of ketones is 1. The van der Waals surface area contributed by atoms with Crippen molar-refractivity contribution in [2.24, 2.45) is 0 Å². The summed E-state index contributed by atoms with van der Waals surface area (Å²) in [5.41, 5.74) is 2.31. The minimum Gasteiger partial charge on any atom is -0.300 e. The quantitative estimate of drug-likeness (QED) is 0.691. The molecule has 1 aromatic rings. The van der Waals surface area contributed by atoms with Crippen molar-refractivity contribution in [1.82, 2.24) is 0 Å². The lowest BCUT2D eigenvalue weighted by atomic mass is 9.97. The summed E-state index contributed by atoms with van der Waals surface area (Å²) in [6.07, 6.45) is 2.35. The maximum Gasteiger partial charge on any atom is 0.133 e. The molecule has 1 fully saturated rings. The van der Waals surface area contributed by atoms with E-state index in [4.69, 9.17) is 11.6 Å². The van der Waals surface area contributed by atoms with E-state index in [2.05, 4.69) is 12.1 Å². The van der Waals surface area contributed by atoms with Crippen LogP contribution < -0.4 is 0 Å². The third-order valence-electron chi connectivity index (χ3n) is 2.84. The fourth-order valence-corrected chi connectivity index (χ4v) is 2.43. The Morgan fingerprint density at radius 2 is 2.21 bits per heavy atom. The highest BCUT2D eigenvalue weighted by Gasteiger charge is 2.24. The minimum atomic E-state index is 0.357. The molecule has 2 rings (SSSR count). The molecule has 0 N–H and O–H groups in total. The highest BCUT2D eigenvalue weighted by molar-refractivity contribution is 6.31. The van der Waals surface area contributed by atoms with Crippen LogP contribution in [-0.4, -0.2) is 5.78 Å². The predicted octanol–water partition coefficient (Wildman–Crippen LogP) is 3.49. The summed E-state index contributed by atoms with van der Waals surface area (Å²) in [5.74, 6) is 0.724. The second-order valence-corrected chi connectivity index (χ2v) is 4.41. The van der Waals surface area contributed by atoms with E-state index in [1.54, 1.807) is 0 Å². The first-order valence-electron chi connectivity index (χ1n) is 4.94. The first kappa shape index (κ1) is 9.72. The number of hydrogen-bond donors (Lipinski definition) is 0. The van der Waals surface area contributed by atoms with Crippen molar-refractivity contribution in [2.45, 2.75) is 32.1 Å². The molecule has 1 nitrogen and oxygen atoms in total. The fourth-order valence-electron chi connectivity index (χ4n) is 2.04. The maximum atomic E-state index is 11.2. The Hall–Kier alpha value is -0.820. The lowest BCUT2D eigenvalue weighted by molar-refractivity contribution is -0.117. The van der Waals surface area contributed by atoms with E-state index in [-0.39, 0.29) is 0 Å². The molecule has 0 amide bonds. The molecule has 74 valence electrons. The van der Waals surface area contributed by atoms with E-state index in [9.17, 15) is 4.79 Å². The summed E-state index contributed by atoms with van der Waals surface area (Å²) in [6.45, 7) is 2.02. The van der Waals surface area contributed by atoms with Gasteiger partial charge >= 0.3 is 0 Å². The zero-order valence-electron chi connectivity index (χ0n) is 8.22. The van der Waals surface area contributed by atoms with Gasteiger partial charge in [-0.3, -0.25) is 4.79 Å². The summed E-state index contributed by atoms with van der Waals surface area (Å²) in [5, 5.41) is 0.810. The largest absolute Gasteiger partial charge is 0.300 e. The van der Waals surface area contributed by atoms with Crippen LogP contribution in [0.4, 0.5) is 0 Å². The van der Waals surface area contributed by atoms with Gasteiger partial charge in [-0.25, -0.2) is 0 Å². The van der Waals surface area contributed by atoms with Crippen molar-refractivity contribution in [3.05, 3.63) is 34.3 Å². The van der Waals surface area contributed by atoms with Crippen LogP contribution in [0.1, 0.15) is 36.3 Å². The summed E-state index contributed by atoms with van der Waals surface area (Å²) in [7, 11) is 0. The Balaban J connectivity index is 2.28. The van der Waals surface area contributed by atoms with E-state index in [0.717, 1.165) is 23.4 Å². The second kappa shape index (κ2) is 3.74. The van der Waals surface area contributed by atoms with E-state index in [0.29, 0.717) is 18.1 Å². The van der Waals surface area contributed by atoms with Gasteiger partial charge in [0.2, 0.25) is 0 Å². The Morgan fingerprint density at radius 3 is 2.79 bits per heavy atom. The maximum absolute atomic E-state index is 11.2. The summed E-state index contributed by atoms with van der Waals surface area (Å²) >= 11 is 6.15. The third kappa shape index (κ3) is 1.83. The molecular formula is C12H13ClO. The van der Waals surface area contributed by atoms with Crippen LogP contribution in [0.3, 0.4) is 0 Å². The lowest BCUT2D eigenvalue weighted by Crippen LogP contribution is -1.95. The van der Waals surface area contributed by atoms with E-state index >= 15 is 0 Å². The molecular weight excluding hydrogens is 196 g/mol. The molecule has 0 heterocycles. The van der Waals surface area contributed by atoms with Crippen LogP contribution in [0.25, 0.3) is 0 Å². The van der Waals surface area contributed by atoms with Crippen molar-refractivity contribution in [3.63, 3.8) is 0 Å². The molecule has 0 bridgehead atoms. The van der Waals surface area contributed by atoms with Crippen molar-refractivity contribution < 1.29 is 4.79 Å². The van der Waals surface area contributed by atoms with Crippen LogP contribution in [-0.2, 0) is 4.79 Å². The van der Waals surface area contributed by atoms with Gasteiger partial charge in [-0.1, -0.05) is 23.7 Å². The van der Waals surface area contributed by atoms with Crippen molar-refractivity contribution in [3.8, 4) is 0 Å². The number of aryl methyl sites for hydroxylation is 1.